The molecule has 3 rings (SSSR count). The molecule has 0 unspecified atom stereocenters. The molecule has 0 bridgehead atoms. The van der Waals surface area contributed by atoms with Crippen molar-refractivity contribution in [3.05, 3.63) is 52.4 Å². The number of hydrogen-bond acceptors (Lipinski definition) is 6. The molecule has 1 fully saturated rings. The number of carbonyl (C=O) groups excluding carboxylic acids is 1. The molecule has 1 amide bonds. The second-order valence-corrected chi connectivity index (χ2v) is 6.00. The number of hydrogen-bond donors (Lipinski definition) is 1. The lowest BCUT2D eigenvalue weighted by Gasteiger charge is -2.34. The normalized spacial score (nSPS) is 15.1. The van der Waals surface area contributed by atoms with Gasteiger partial charge in [-0.05, 0) is 12.1 Å². The number of rotatable bonds is 5. The summed E-state index contributed by atoms with van der Waals surface area (Å²) in [5, 5.41) is 13.3. The number of amides is 1. The highest BCUT2D eigenvalue weighted by molar-refractivity contribution is 5.94. The summed E-state index contributed by atoms with van der Waals surface area (Å²) in [5.74, 6) is -0.0971. The lowest BCUT2D eigenvalue weighted by Crippen LogP contribution is -2.49. The Morgan fingerprint density at radius 2 is 1.88 bits per heavy atom. The summed E-state index contributed by atoms with van der Waals surface area (Å²) < 4.78 is 6.43. The van der Waals surface area contributed by atoms with Crippen molar-refractivity contribution in [3.8, 4) is 11.4 Å². The zero-order chi connectivity index (χ0) is 18.5. The van der Waals surface area contributed by atoms with Crippen LogP contribution in [0.4, 0.5) is 0 Å². The van der Waals surface area contributed by atoms with Gasteiger partial charge in [0.25, 0.3) is 11.5 Å². The average Bonchev–Trinajstić information content (AvgIpc) is 2.68. The SMILES string of the molecule is COc1cc(=O)n(-c2ccccc2)nc1C(=O)N1CCN(CCO)CC1. The Bertz CT molecular complexity index is 814. The highest BCUT2D eigenvalue weighted by Gasteiger charge is 2.26. The maximum atomic E-state index is 12.9. The van der Waals surface area contributed by atoms with Crippen LogP contribution in [-0.4, -0.2) is 77.0 Å². The smallest absolute Gasteiger partial charge is 0.278 e. The fraction of sp³-hybridized carbons (Fsp3) is 0.389. The van der Waals surface area contributed by atoms with Crippen molar-refractivity contribution in [1.29, 1.82) is 0 Å². The molecule has 26 heavy (non-hydrogen) atoms. The molecule has 0 radical (unpaired) electrons. The van der Waals surface area contributed by atoms with Gasteiger partial charge in [0.1, 0.15) is 0 Å². The zero-order valence-corrected chi connectivity index (χ0v) is 14.7. The van der Waals surface area contributed by atoms with Crippen molar-refractivity contribution in [2.24, 2.45) is 0 Å². The molecule has 8 heteroatoms. The molecule has 1 aliphatic rings. The maximum Gasteiger partial charge on any atom is 0.278 e. The standard InChI is InChI=1S/C18H22N4O4/c1-26-15-13-16(24)22(14-5-3-2-4-6-14)19-17(15)18(25)21-9-7-20(8-10-21)11-12-23/h2-6,13,23H,7-12H2,1H3. The van der Waals surface area contributed by atoms with Crippen LogP contribution in [0.5, 0.6) is 5.75 Å². The molecule has 0 aliphatic carbocycles. The van der Waals surface area contributed by atoms with Gasteiger partial charge in [-0.25, -0.2) is 0 Å². The number of methoxy groups -OCH3 is 1. The summed E-state index contributed by atoms with van der Waals surface area (Å²) in [6, 6.07) is 10.2. The Kier molecular flexibility index (Phi) is 5.65. The Morgan fingerprint density at radius 1 is 1.19 bits per heavy atom. The number of aromatic nitrogens is 2. The van der Waals surface area contributed by atoms with Crippen molar-refractivity contribution < 1.29 is 14.6 Å². The molecular formula is C18H22N4O4. The Balaban J connectivity index is 1.89. The van der Waals surface area contributed by atoms with Gasteiger partial charge in [-0.15, -0.1) is 0 Å². The highest BCUT2D eigenvalue weighted by atomic mass is 16.5. The Morgan fingerprint density at radius 3 is 2.50 bits per heavy atom. The molecule has 8 nitrogen and oxygen atoms in total. The molecule has 0 spiro atoms. The predicted molar refractivity (Wildman–Crippen MR) is 95.8 cm³/mol. The van der Waals surface area contributed by atoms with Gasteiger partial charge in [0.15, 0.2) is 11.4 Å². The summed E-state index contributed by atoms with van der Waals surface area (Å²) in [6.07, 6.45) is 0. The van der Waals surface area contributed by atoms with E-state index in [-0.39, 0.29) is 29.5 Å². The Labute approximate surface area is 151 Å². The van der Waals surface area contributed by atoms with E-state index in [1.807, 2.05) is 6.07 Å². The molecule has 1 saturated heterocycles. The van der Waals surface area contributed by atoms with Crippen molar-refractivity contribution in [3.63, 3.8) is 0 Å². The first-order valence-electron chi connectivity index (χ1n) is 8.50. The summed E-state index contributed by atoms with van der Waals surface area (Å²) in [4.78, 5) is 29.1. The molecule has 1 N–H and O–H groups in total. The molecule has 138 valence electrons. The summed E-state index contributed by atoms with van der Waals surface area (Å²) >= 11 is 0. The van der Waals surface area contributed by atoms with Crippen LogP contribution in [0, 0.1) is 0 Å². The summed E-state index contributed by atoms with van der Waals surface area (Å²) in [7, 11) is 1.42. The predicted octanol–water partition coefficient (Wildman–Crippen LogP) is -0.00880. The molecule has 0 atom stereocenters. The number of benzene rings is 1. The zero-order valence-electron chi connectivity index (χ0n) is 14.7. The number of ether oxygens (including phenoxy) is 1. The average molecular weight is 358 g/mol. The molecular weight excluding hydrogens is 336 g/mol. The monoisotopic (exact) mass is 358 g/mol. The van der Waals surface area contributed by atoms with Gasteiger partial charge in [-0.3, -0.25) is 14.5 Å². The maximum absolute atomic E-state index is 12.9. The lowest BCUT2D eigenvalue weighted by atomic mass is 10.2. The minimum absolute atomic E-state index is 0.103. The number of para-hydroxylation sites is 1. The molecule has 0 saturated carbocycles. The van der Waals surface area contributed by atoms with E-state index in [4.69, 9.17) is 9.84 Å². The van der Waals surface area contributed by atoms with Crippen molar-refractivity contribution in [1.82, 2.24) is 19.6 Å². The van der Waals surface area contributed by atoms with Crippen LogP contribution in [0.3, 0.4) is 0 Å². The minimum Gasteiger partial charge on any atom is -0.494 e. The fourth-order valence-corrected chi connectivity index (χ4v) is 2.96. The van der Waals surface area contributed by atoms with E-state index in [1.165, 1.54) is 17.9 Å². The number of piperazine rings is 1. The highest BCUT2D eigenvalue weighted by Crippen LogP contribution is 2.17. The first-order valence-corrected chi connectivity index (χ1v) is 8.50. The van der Waals surface area contributed by atoms with E-state index in [9.17, 15) is 9.59 Å². The molecule has 1 aliphatic heterocycles. The third-order valence-corrected chi connectivity index (χ3v) is 4.40. The van der Waals surface area contributed by atoms with Crippen LogP contribution in [0.2, 0.25) is 0 Å². The topological polar surface area (TPSA) is 87.9 Å². The third kappa shape index (κ3) is 3.76. The molecule has 1 aromatic carbocycles. The fourth-order valence-electron chi connectivity index (χ4n) is 2.96. The number of nitrogens with zero attached hydrogens (tertiary/aromatic N) is 4. The van der Waals surface area contributed by atoms with Gasteiger partial charge >= 0.3 is 0 Å². The number of aliphatic hydroxyl groups is 1. The molecule has 2 aromatic rings. The summed E-state index contributed by atoms with van der Waals surface area (Å²) in [6.45, 7) is 3.15. The summed E-state index contributed by atoms with van der Waals surface area (Å²) in [5.41, 5.74) is 0.339. The van der Waals surface area contributed by atoms with Crippen LogP contribution in [-0.2, 0) is 0 Å². The van der Waals surface area contributed by atoms with Gasteiger partial charge in [-0.2, -0.15) is 9.78 Å². The second-order valence-electron chi connectivity index (χ2n) is 6.00. The van der Waals surface area contributed by atoms with E-state index in [0.717, 1.165) is 0 Å². The molecule has 1 aromatic heterocycles. The van der Waals surface area contributed by atoms with Crippen LogP contribution < -0.4 is 10.3 Å². The lowest BCUT2D eigenvalue weighted by molar-refractivity contribution is 0.0604. The van der Waals surface area contributed by atoms with Gasteiger partial charge in [0, 0.05) is 32.7 Å². The van der Waals surface area contributed by atoms with Crippen LogP contribution in [0.15, 0.2) is 41.2 Å². The van der Waals surface area contributed by atoms with Crippen LogP contribution >= 0.6 is 0 Å². The quantitative estimate of drug-likeness (QED) is 0.809. The number of carbonyl (C=O) groups is 1. The first-order chi connectivity index (χ1) is 12.6. The number of β-amino-alcohol motifs (C(OH)–C–C–N with tert-alkyl or cyclic N) is 1. The molecule has 2 heterocycles. The minimum atomic E-state index is -0.364. The van der Waals surface area contributed by atoms with E-state index in [2.05, 4.69) is 10.00 Å². The van der Waals surface area contributed by atoms with Crippen LogP contribution in [0.25, 0.3) is 5.69 Å². The third-order valence-electron chi connectivity index (χ3n) is 4.40. The van der Waals surface area contributed by atoms with Gasteiger partial charge < -0.3 is 14.7 Å². The van der Waals surface area contributed by atoms with Crippen molar-refractivity contribution in [2.75, 3.05) is 46.4 Å². The van der Waals surface area contributed by atoms with E-state index < -0.39 is 0 Å². The first kappa shape index (κ1) is 18.1. The number of aliphatic hydroxyl groups excluding tert-OH is 1. The van der Waals surface area contributed by atoms with Gasteiger partial charge in [-0.1, -0.05) is 18.2 Å². The van der Waals surface area contributed by atoms with Gasteiger partial charge in [0.05, 0.1) is 25.5 Å². The van der Waals surface area contributed by atoms with E-state index in [0.29, 0.717) is 38.4 Å². The second kappa shape index (κ2) is 8.11. The van der Waals surface area contributed by atoms with Crippen molar-refractivity contribution >= 4 is 5.91 Å². The largest absolute Gasteiger partial charge is 0.494 e. The van der Waals surface area contributed by atoms with Crippen LogP contribution in [0.1, 0.15) is 10.5 Å². The van der Waals surface area contributed by atoms with Crippen molar-refractivity contribution in [2.45, 2.75) is 0 Å². The Hall–Kier alpha value is -2.71. The van der Waals surface area contributed by atoms with E-state index >= 15 is 0 Å². The van der Waals surface area contributed by atoms with Gasteiger partial charge in [0.2, 0.25) is 0 Å². The van der Waals surface area contributed by atoms with E-state index in [1.54, 1.807) is 29.2 Å².